The van der Waals surface area contributed by atoms with Crippen molar-refractivity contribution in [3.63, 3.8) is 0 Å². The molecule has 2 aliphatic heterocycles. The van der Waals surface area contributed by atoms with Gasteiger partial charge in [0.1, 0.15) is 0 Å². The first-order chi connectivity index (χ1) is 8.83. The number of carbonyl (C=O) groups excluding carboxylic acids is 1. The molecule has 0 radical (unpaired) electrons. The van der Waals surface area contributed by atoms with Gasteiger partial charge >= 0.3 is 0 Å². The smallest absolute Gasteiger partial charge is 0.231 e. The van der Waals surface area contributed by atoms with Crippen LogP contribution in [0.4, 0.5) is 0 Å². The Kier molecular flexibility index (Phi) is 3.32. The average molecular weight is 265 g/mol. The molecule has 0 spiro atoms. The molecule has 4 nitrogen and oxygen atoms in total. The summed E-state index contributed by atoms with van der Waals surface area (Å²) >= 11 is 1.85. The van der Waals surface area contributed by atoms with Gasteiger partial charge in [0.05, 0.1) is 0 Å². The lowest BCUT2D eigenvalue weighted by molar-refractivity contribution is -0.124. The van der Waals surface area contributed by atoms with Crippen LogP contribution in [0.25, 0.3) is 0 Å². The minimum Gasteiger partial charge on any atom is -0.454 e. The van der Waals surface area contributed by atoms with Gasteiger partial charge in [0, 0.05) is 18.2 Å². The summed E-state index contributed by atoms with van der Waals surface area (Å²) in [6.45, 7) is 0.834. The first-order valence-corrected chi connectivity index (χ1v) is 7.22. The van der Waals surface area contributed by atoms with Crippen LogP contribution in [-0.2, 0) is 11.3 Å². The normalized spacial score (nSPS) is 21.0. The van der Waals surface area contributed by atoms with Crippen LogP contribution in [0.3, 0.4) is 0 Å². The summed E-state index contributed by atoms with van der Waals surface area (Å²) in [5, 5.41) is 2.98. The highest BCUT2D eigenvalue weighted by atomic mass is 32.2. The summed E-state index contributed by atoms with van der Waals surface area (Å²) in [6.07, 6.45) is 0.998. The third-order valence-corrected chi connectivity index (χ3v) is 4.37. The van der Waals surface area contributed by atoms with Gasteiger partial charge < -0.3 is 14.8 Å². The fourth-order valence-electron chi connectivity index (χ4n) is 2.13. The molecule has 0 bridgehead atoms. The van der Waals surface area contributed by atoms with Gasteiger partial charge in [-0.25, -0.2) is 0 Å². The Bertz CT molecular complexity index is 458. The van der Waals surface area contributed by atoms with Crippen LogP contribution < -0.4 is 14.8 Å². The zero-order chi connectivity index (χ0) is 12.4. The van der Waals surface area contributed by atoms with Gasteiger partial charge in [-0.05, 0) is 29.9 Å². The zero-order valence-corrected chi connectivity index (χ0v) is 10.8. The Balaban J connectivity index is 1.58. The molecule has 1 amide bonds. The van der Waals surface area contributed by atoms with Crippen LogP contribution >= 0.6 is 11.8 Å². The molecule has 1 aromatic rings. The fraction of sp³-hybridized carbons (Fsp3) is 0.462. The van der Waals surface area contributed by atoms with Crippen LogP contribution in [0.5, 0.6) is 11.5 Å². The minimum absolute atomic E-state index is 0.165. The van der Waals surface area contributed by atoms with Crippen molar-refractivity contribution in [3.05, 3.63) is 23.8 Å². The number of thioether (sulfide) groups is 1. The van der Waals surface area contributed by atoms with E-state index in [1.807, 2.05) is 30.0 Å². The molecule has 2 aliphatic rings. The number of fused-ring (bicyclic) bond motifs is 1. The summed E-state index contributed by atoms with van der Waals surface area (Å²) in [4.78, 5) is 11.9. The van der Waals surface area contributed by atoms with E-state index in [-0.39, 0.29) is 18.6 Å². The Morgan fingerprint density at radius 2 is 2.28 bits per heavy atom. The third-order valence-electron chi connectivity index (χ3n) is 3.20. The Hall–Kier alpha value is -1.36. The number of ether oxygens (including phenoxy) is 2. The monoisotopic (exact) mass is 265 g/mol. The van der Waals surface area contributed by atoms with Crippen LogP contribution in [0.15, 0.2) is 18.2 Å². The molecular weight excluding hydrogens is 250 g/mol. The Labute approximate surface area is 110 Å². The van der Waals surface area contributed by atoms with Crippen molar-refractivity contribution in [1.82, 2.24) is 5.32 Å². The van der Waals surface area contributed by atoms with E-state index < -0.39 is 0 Å². The summed E-state index contributed by atoms with van der Waals surface area (Å²) in [5.41, 5.74) is 1.04. The highest BCUT2D eigenvalue weighted by Gasteiger charge is 2.22. The molecule has 2 heterocycles. The summed E-state index contributed by atoms with van der Waals surface area (Å²) in [7, 11) is 0. The largest absolute Gasteiger partial charge is 0.454 e. The van der Waals surface area contributed by atoms with Crippen LogP contribution in [0, 0.1) is 5.92 Å². The van der Waals surface area contributed by atoms with Crippen LogP contribution in [0.1, 0.15) is 12.0 Å². The van der Waals surface area contributed by atoms with E-state index in [0.717, 1.165) is 35.0 Å². The Morgan fingerprint density at radius 3 is 3.11 bits per heavy atom. The van der Waals surface area contributed by atoms with Gasteiger partial charge in [-0.1, -0.05) is 6.07 Å². The number of hydrogen-bond donors (Lipinski definition) is 1. The first kappa shape index (κ1) is 11.7. The highest BCUT2D eigenvalue weighted by molar-refractivity contribution is 7.99. The zero-order valence-electron chi connectivity index (χ0n) is 9.98. The summed E-state index contributed by atoms with van der Waals surface area (Å²) < 4.78 is 10.6. The second-order valence-corrected chi connectivity index (χ2v) is 5.62. The number of hydrogen-bond acceptors (Lipinski definition) is 4. The molecule has 96 valence electrons. The van der Waals surface area contributed by atoms with Gasteiger partial charge in [0.15, 0.2) is 11.5 Å². The standard InChI is InChI=1S/C13H15NO3S/c15-13(10-3-4-18-7-10)14-6-9-1-2-11-12(5-9)17-8-16-11/h1-2,5,10H,3-4,6-8H2,(H,14,15). The maximum absolute atomic E-state index is 11.9. The van der Waals surface area contributed by atoms with Gasteiger partial charge in [-0.2, -0.15) is 11.8 Å². The quantitative estimate of drug-likeness (QED) is 0.905. The summed E-state index contributed by atoms with van der Waals surface area (Å²) in [5.74, 6) is 3.94. The fourth-order valence-corrected chi connectivity index (χ4v) is 3.35. The lowest BCUT2D eigenvalue weighted by atomic mass is 10.1. The van der Waals surface area contributed by atoms with Crippen molar-refractivity contribution in [1.29, 1.82) is 0 Å². The molecular formula is C13H15NO3S. The number of carbonyl (C=O) groups is 1. The van der Waals surface area contributed by atoms with Crippen molar-refractivity contribution in [2.75, 3.05) is 18.3 Å². The molecule has 1 fully saturated rings. The number of amides is 1. The predicted molar refractivity (Wildman–Crippen MR) is 69.8 cm³/mol. The van der Waals surface area contributed by atoms with Gasteiger partial charge in [-0.3, -0.25) is 4.79 Å². The molecule has 0 aliphatic carbocycles. The van der Waals surface area contributed by atoms with Crippen molar-refractivity contribution >= 4 is 17.7 Å². The van der Waals surface area contributed by atoms with E-state index in [1.54, 1.807) is 0 Å². The molecule has 5 heteroatoms. The molecule has 1 saturated heterocycles. The van der Waals surface area contributed by atoms with E-state index in [9.17, 15) is 4.79 Å². The molecule has 1 atom stereocenters. The first-order valence-electron chi connectivity index (χ1n) is 6.07. The van der Waals surface area contributed by atoms with Crippen LogP contribution in [-0.4, -0.2) is 24.2 Å². The average Bonchev–Trinajstić information content (AvgIpc) is 3.05. The number of rotatable bonds is 3. The molecule has 3 rings (SSSR count). The van der Waals surface area contributed by atoms with Gasteiger partial charge in [-0.15, -0.1) is 0 Å². The molecule has 1 unspecified atom stereocenters. The lowest BCUT2D eigenvalue weighted by Crippen LogP contribution is -2.30. The number of nitrogens with one attached hydrogen (secondary N) is 1. The molecule has 0 aromatic heterocycles. The predicted octanol–water partition coefficient (Wildman–Crippen LogP) is 1.78. The maximum atomic E-state index is 11.9. The number of benzene rings is 1. The highest BCUT2D eigenvalue weighted by Crippen LogP contribution is 2.32. The van der Waals surface area contributed by atoms with Crippen molar-refractivity contribution < 1.29 is 14.3 Å². The maximum Gasteiger partial charge on any atom is 0.231 e. The second-order valence-electron chi connectivity index (χ2n) is 4.47. The third kappa shape index (κ3) is 2.41. The van der Waals surface area contributed by atoms with Gasteiger partial charge in [0.25, 0.3) is 0 Å². The molecule has 18 heavy (non-hydrogen) atoms. The van der Waals surface area contributed by atoms with Gasteiger partial charge in [0.2, 0.25) is 12.7 Å². The molecule has 1 N–H and O–H groups in total. The molecule has 1 aromatic carbocycles. The van der Waals surface area contributed by atoms with Crippen molar-refractivity contribution in [2.45, 2.75) is 13.0 Å². The van der Waals surface area contributed by atoms with E-state index in [2.05, 4.69) is 5.32 Å². The van der Waals surface area contributed by atoms with E-state index in [1.165, 1.54) is 0 Å². The van der Waals surface area contributed by atoms with E-state index in [4.69, 9.17) is 9.47 Å². The molecule has 0 saturated carbocycles. The van der Waals surface area contributed by atoms with E-state index in [0.29, 0.717) is 6.54 Å². The van der Waals surface area contributed by atoms with E-state index >= 15 is 0 Å². The topological polar surface area (TPSA) is 47.6 Å². The van der Waals surface area contributed by atoms with Crippen molar-refractivity contribution in [2.24, 2.45) is 5.92 Å². The lowest BCUT2D eigenvalue weighted by Gasteiger charge is -2.10. The minimum atomic E-state index is 0.165. The SMILES string of the molecule is O=C(NCc1ccc2c(c1)OCO2)C1CCSC1. The van der Waals surface area contributed by atoms with Crippen molar-refractivity contribution in [3.8, 4) is 11.5 Å². The Morgan fingerprint density at radius 1 is 1.39 bits per heavy atom. The summed E-state index contributed by atoms with van der Waals surface area (Å²) in [6, 6.07) is 5.76. The van der Waals surface area contributed by atoms with Crippen LogP contribution in [0.2, 0.25) is 0 Å². The second kappa shape index (κ2) is 5.10.